The smallest absolute Gasteiger partial charge is 0.272 e. The minimum absolute atomic E-state index is 0.0867. The van der Waals surface area contributed by atoms with Crippen LogP contribution >= 0.6 is 0 Å². The molecule has 1 N–H and O–H groups in total. The van der Waals surface area contributed by atoms with Crippen LogP contribution in [0.4, 0.5) is 0 Å². The standard InChI is InChI=1S/C20H26N4O2/c1-23-18-8-12-26-14-17(18)19(22-23)20(25)21-9-4-10-24-11-7-15-5-2-3-6-16(15)13-24/h2-3,5-6H,4,7-14H2,1H3,(H,21,25). The molecule has 4 rings (SSSR count). The van der Waals surface area contributed by atoms with Gasteiger partial charge in [-0.05, 0) is 24.0 Å². The van der Waals surface area contributed by atoms with Crippen LogP contribution in [0.25, 0.3) is 0 Å². The fourth-order valence-electron chi connectivity index (χ4n) is 3.93. The molecule has 0 aliphatic carbocycles. The first-order valence-corrected chi connectivity index (χ1v) is 9.42. The highest BCUT2D eigenvalue weighted by Crippen LogP contribution is 2.20. The fourth-order valence-corrected chi connectivity index (χ4v) is 3.93. The van der Waals surface area contributed by atoms with Crippen molar-refractivity contribution in [3.8, 4) is 0 Å². The van der Waals surface area contributed by atoms with Crippen molar-refractivity contribution in [2.45, 2.75) is 32.4 Å². The van der Waals surface area contributed by atoms with Crippen LogP contribution in [-0.2, 0) is 37.8 Å². The predicted molar refractivity (Wildman–Crippen MR) is 98.9 cm³/mol. The Labute approximate surface area is 154 Å². The van der Waals surface area contributed by atoms with Crippen molar-refractivity contribution < 1.29 is 9.53 Å². The number of benzene rings is 1. The number of rotatable bonds is 5. The molecular formula is C20H26N4O2. The summed E-state index contributed by atoms with van der Waals surface area (Å²) in [6.45, 7) is 4.96. The van der Waals surface area contributed by atoms with E-state index in [0.717, 1.165) is 50.2 Å². The molecule has 0 atom stereocenters. The SMILES string of the molecule is Cn1nc(C(=O)NCCCN2CCc3ccccc3C2)c2c1CCOC2. The molecule has 138 valence electrons. The zero-order valence-electron chi connectivity index (χ0n) is 15.3. The maximum Gasteiger partial charge on any atom is 0.272 e. The summed E-state index contributed by atoms with van der Waals surface area (Å²) >= 11 is 0. The summed E-state index contributed by atoms with van der Waals surface area (Å²) in [4.78, 5) is 15.0. The number of hydrogen-bond donors (Lipinski definition) is 1. The van der Waals surface area contributed by atoms with Crippen LogP contribution in [0.5, 0.6) is 0 Å². The molecular weight excluding hydrogens is 328 g/mol. The molecule has 6 heteroatoms. The van der Waals surface area contributed by atoms with Gasteiger partial charge in [-0.2, -0.15) is 5.10 Å². The monoisotopic (exact) mass is 354 g/mol. The van der Waals surface area contributed by atoms with E-state index in [9.17, 15) is 4.79 Å². The molecule has 26 heavy (non-hydrogen) atoms. The molecule has 2 aromatic rings. The third kappa shape index (κ3) is 3.52. The molecule has 2 aliphatic rings. The van der Waals surface area contributed by atoms with Gasteiger partial charge >= 0.3 is 0 Å². The summed E-state index contributed by atoms with van der Waals surface area (Å²) in [5, 5.41) is 7.42. The number of carbonyl (C=O) groups is 1. The van der Waals surface area contributed by atoms with Crippen LogP contribution in [-0.4, -0.2) is 46.8 Å². The third-order valence-corrected chi connectivity index (χ3v) is 5.37. The first kappa shape index (κ1) is 17.2. The topological polar surface area (TPSA) is 59.4 Å². The Bertz CT molecular complexity index is 799. The molecule has 3 heterocycles. The minimum atomic E-state index is -0.0867. The molecule has 0 saturated heterocycles. The number of carbonyl (C=O) groups excluding carboxylic acids is 1. The number of aryl methyl sites for hydroxylation is 1. The number of aromatic nitrogens is 2. The van der Waals surface area contributed by atoms with Crippen LogP contribution in [0.15, 0.2) is 24.3 Å². The molecule has 0 fully saturated rings. The van der Waals surface area contributed by atoms with Gasteiger partial charge in [0.05, 0.1) is 13.2 Å². The molecule has 2 aliphatic heterocycles. The molecule has 0 spiro atoms. The predicted octanol–water partition coefficient (Wildman–Crippen LogP) is 1.67. The van der Waals surface area contributed by atoms with Gasteiger partial charge in [-0.3, -0.25) is 14.4 Å². The van der Waals surface area contributed by atoms with E-state index >= 15 is 0 Å². The molecule has 6 nitrogen and oxygen atoms in total. The fraction of sp³-hybridized carbons (Fsp3) is 0.500. The van der Waals surface area contributed by atoms with Crippen LogP contribution in [0, 0.1) is 0 Å². The zero-order chi connectivity index (χ0) is 17.9. The van der Waals surface area contributed by atoms with Crippen LogP contribution in [0.2, 0.25) is 0 Å². The Kier molecular flexibility index (Phi) is 5.04. The van der Waals surface area contributed by atoms with Crippen LogP contribution < -0.4 is 5.32 Å². The largest absolute Gasteiger partial charge is 0.376 e. The van der Waals surface area contributed by atoms with Crippen molar-refractivity contribution in [3.63, 3.8) is 0 Å². The van der Waals surface area contributed by atoms with E-state index in [1.807, 2.05) is 11.7 Å². The van der Waals surface area contributed by atoms with Gasteiger partial charge in [0.1, 0.15) is 0 Å². The molecule has 0 unspecified atom stereocenters. The van der Waals surface area contributed by atoms with Gasteiger partial charge in [0.25, 0.3) is 5.91 Å². The summed E-state index contributed by atoms with van der Waals surface area (Å²) in [6, 6.07) is 8.67. The van der Waals surface area contributed by atoms with Crippen molar-refractivity contribution in [2.75, 3.05) is 26.2 Å². The van der Waals surface area contributed by atoms with Crippen LogP contribution in [0.3, 0.4) is 0 Å². The lowest BCUT2D eigenvalue weighted by molar-refractivity contribution is 0.0923. The van der Waals surface area contributed by atoms with E-state index in [1.54, 1.807) is 0 Å². The third-order valence-electron chi connectivity index (χ3n) is 5.37. The van der Waals surface area contributed by atoms with Gasteiger partial charge in [0.15, 0.2) is 5.69 Å². The maximum absolute atomic E-state index is 12.5. The molecule has 1 amide bonds. The first-order chi connectivity index (χ1) is 12.7. The normalized spacial score (nSPS) is 16.8. The molecule has 0 bridgehead atoms. The number of nitrogens with one attached hydrogen (secondary N) is 1. The molecule has 0 radical (unpaired) electrons. The highest BCUT2D eigenvalue weighted by atomic mass is 16.5. The summed E-state index contributed by atoms with van der Waals surface area (Å²) in [6.07, 6.45) is 2.88. The van der Waals surface area contributed by atoms with Gasteiger partial charge in [-0.1, -0.05) is 24.3 Å². The quantitative estimate of drug-likeness (QED) is 0.830. The number of ether oxygens (including phenoxy) is 1. The van der Waals surface area contributed by atoms with Crippen molar-refractivity contribution in [2.24, 2.45) is 7.05 Å². The van der Waals surface area contributed by atoms with Gasteiger partial charge in [0.2, 0.25) is 0 Å². The Hall–Kier alpha value is -2.18. The molecule has 1 aromatic heterocycles. The minimum Gasteiger partial charge on any atom is -0.376 e. The van der Waals surface area contributed by atoms with Gasteiger partial charge in [-0.15, -0.1) is 0 Å². The maximum atomic E-state index is 12.5. The zero-order valence-corrected chi connectivity index (χ0v) is 15.3. The highest BCUT2D eigenvalue weighted by Gasteiger charge is 2.24. The van der Waals surface area contributed by atoms with E-state index in [-0.39, 0.29) is 5.91 Å². The Balaban J connectivity index is 1.26. The summed E-state index contributed by atoms with van der Waals surface area (Å²) in [7, 11) is 1.90. The average Bonchev–Trinajstić information content (AvgIpc) is 3.02. The van der Waals surface area contributed by atoms with Crippen molar-refractivity contribution in [3.05, 3.63) is 52.3 Å². The second-order valence-corrected chi connectivity index (χ2v) is 7.10. The van der Waals surface area contributed by atoms with E-state index in [1.165, 1.54) is 11.1 Å². The number of amides is 1. The summed E-state index contributed by atoms with van der Waals surface area (Å²) in [5.41, 5.74) is 5.49. The summed E-state index contributed by atoms with van der Waals surface area (Å²) < 4.78 is 7.31. The second kappa shape index (κ2) is 7.60. The van der Waals surface area contributed by atoms with E-state index < -0.39 is 0 Å². The van der Waals surface area contributed by atoms with Crippen molar-refractivity contribution in [1.29, 1.82) is 0 Å². The van der Waals surface area contributed by atoms with Crippen LogP contribution in [0.1, 0.15) is 39.3 Å². The lowest BCUT2D eigenvalue weighted by Crippen LogP contribution is -2.34. The van der Waals surface area contributed by atoms with Crippen molar-refractivity contribution in [1.82, 2.24) is 20.0 Å². The Morgan fingerprint density at radius 1 is 1.27 bits per heavy atom. The second-order valence-electron chi connectivity index (χ2n) is 7.10. The number of fused-ring (bicyclic) bond motifs is 2. The van der Waals surface area contributed by atoms with E-state index in [4.69, 9.17) is 4.74 Å². The van der Waals surface area contributed by atoms with Gasteiger partial charge < -0.3 is 10.1 Å². The van der Waals surface area contributed by atoms with E-state index in [2.05, 4.69) is 39.6 Å². The number of nitrogens with zero attached hydrogens (tertiary/aromatic N) is 3. The molecule has 1 aromatic carbocycles. The van der Waals surface area contributed by atoms with Gasteiger partial charge in [-0.25, -0.2) is 0 Å². The van der Waals surface area contributed by atoms with Gasteiger partial charge in [0, 0.05) is 50.9 Å². The lowest BCUT2D eigenvalue weighted by Gasteiger charge is -2.28. The lowest BCUT2D eigenvalue weighted by atomic mass is 10.00. The Morgan fingerprint density at radius 2 is 2.12 bits per heavy atom. The van der Waals surface area contributed by atoms with Crippen molar-refractivity contribution >= 4 is 5.91 Å². The average molecular weight is 354 g/mol. The summed E-state index contributed by atoms with van der Waals surface area (Å²) in [5.74, 6) is -0.0867. The number of hydrogen-bond acceptors (Lipinski definition) is 4. The first-order valence-electron chi connectivity index (χ1n) is 9.42. The highest BCUT2D eigenvalue weighted by molar-refractivity contribution is 5.94. The molecule has 0 saturated carbocycles. The Morgan fingerprint density at radius 3 is 3.00 bits per heavy atom. The van der Waals surface area contributed by atoms with E-state index in [0.29, 0.717) is 25.5 Å².